The number of hydrogen-bond acceptors (Lipinski definition) is 8. The Balaban J connectivity index is 3.93. The molecule has 0 aliphatic rings. The van der Waals surface area contributed by atoms with Crippen LogP contribution in [0.15, 0.2) is 97.2 Å². The first kappa shape index (κ1) is 86.9. The van der Waals surface area contributed by atoms with Gasteiger partial charge in [0.1, 0.15) is 19.8 Å². The van der Waals surface area contributed by atoms with Crippen molar-refractivity contribution in [1.82, 2.24) is 0 Å². The van der Waals surface area contributed by atoms with Crippen molar-refractivity contribution in [2.24, 2.45) is 0 Å². The number of quaternary nitrogens is 1. The van der Waals surface area contributed by atoms with Crippen molar-refractivity contribution in [2.45, 2.75) is 354 Å². The fraction of sp³-hybridized carbons (Fsp3) is 0.775. The minimum Gasteiger partial charge on any atom is -0.756 e. The second kappa shape index (κ2) is 70.3. The number of esters is 2. The van der Waals surface area contributed by atoms with Crippen molar-refractivity contribution in [3.8, 4) is 0 Å². The lowest BCUT2D eigenvalue weighted by Gasteiger charge is -2.28. The molecule has 0 aromatic rings. The Bertz CT molecular complexity index is 1840. The molecule has 90 heavy (non-hydrogen) atoms. The molecule has 0 heterocycles. The smallest absolute Gasteiger partial charge is 0.306 e. The highest BCUT2D eigenvalue weighted by Gasteiger charge is 2.22. The topological polar surface area (TPSA) is 111 Å². The van der Waals surface area contributed by atoms with Gasteiger partial charge in [-0.15, -0.1) is 0 Å². The lowest BCUT2D eigenvalue weighted by molar-refractivity contribution is -0.870. The summed E-state index contributed by atoms with van der Waals surface area (Å²) >= 11 is 0. The Morgan fingerprint density at radius 3 is 0.944 bits per heavy atom. The molecule has 0 amide bonds. The van der Waals surface area contributed by atoms with Crippen LogP contribution in [0.2, 0.25) is 0 Å². The molecule has 0 rings (SSSR count). The molecule has 0 saturated carbocycles. The fourth-order valence-corrected chi connectivity index (χ4v) is 11.5. The quantitative estimate of drug-likeness (QED) is 0.0195. The van der Waals surface area contributed by atoms with Gasteiger partial charge in [-0.3, -0.25) is 14.2 Å². The summed E-state index contributed by atoms with van der Waals surface area (Å²) in [6.45, 7) is 4.13. The molecule has 0 aliphatic heterocycles. The van der Waals surface area contributed by atoms with Crippen molar-refractivity contribution >= 4 is 19.8 Å². The van der Waals surface area contributed by atoms with Crippen molar-refractivity contribution in [3.05, 3.63) is 97.2 Å². The zero-order chi connectivity index (χ0) is 65.5. The van der Waals surface area contributed by atoms with Crippen LogP contribution >= 0.6 is 7.82 Å². The molecule has 0 N–H and O–H groups in total. The minimum absolute atomic E-state index is 0.0368. The molecule has 0 saturated heterocycles. The summed E-state index contributed by atoms with van der Waals surface area (Å²) in [7, 11) is 1.16. The average molecular weight is 1280 g/mol. The molecule has 0 spiro atoms. The van der Waals surface area contributed by atoms with Gasteiger partial charge in [0, 0.05) is 12.8 Å². The monoisotopic (exact) mass is 1280 g/mol. The van der Waals surface area contributed by atoms with E-state index < -0.39 is 26.5 Å². The maximum absolute atomic E-state index is 12.9. The lowest BCUT2D eigenvalue weighted by Crippen LogP contribution is -2.37. The van der Waals surface area contributed by atoms with Crippen molar-refractivity contribution < 1.29 is 42.1 Å². The van der Waals surface area contributed by atoms with Crippen LogP contribution in [0, 0.1) is 0 Å². The summed E-state index contributed by atoms with van der Waals surface area (Å²) in [5.74, 6) is -0.841. The van der Waals surface area contributed by atoms with E-state index in [2.05, 4.69) is 111 Å². The number of phosphoric acid groups is 1. The Labute approximate surface area is 557 Å². The minimum atomic E-state index is -4.65. The Kier molecular flexibility index (Phi) is 67.9. The number of nitrogens with zero attached hydrogens (tertiary/aromatic N) is 1. The van der Waals surface area contributed by atoms with Gasteiger partial charge in [0.2, 0.25) is 0 Å². The van der Waals surface area contributed by atoms with Crippen LogP contribution in [0.1, 0.15) is 348 Å². The molecule has 0 fully saturated rings. The van der Waals surface area contributed by atoms with E-state index in [0.29, 0.717) is 17.4 Å². The number of unbranched alkanes of at least 4 members (excludes halogenated alkanes) is 40. The second-order valence-corrected chi connectivity index (χ2v) is 28.0. The van der Waals surface area contributed by atoms with Gasteiger partial charge in [0.15, 0.2) is 6.10 Å². The van der Waals surface area contributed by atoms with Gasteiger partial charge in [-0.1, -0.05) is 336 Å². The molecule has 0 aromatic carbocycles. The van der Waals surface area contributed by atoms with Crippen LogP contribution in [-0.4, -0.2) is 70.0 Å². The van der Waals surface area contributed by atoms with Gasteiger partial charge >= 0.3 is 11.9 Å². The first-order valence-corrected chi connectivity index (χ1v) is 39.4. The van der Waals surface area contributed by atoms with Crippen LogP contribution in [0.25, 0.3) is 0 Å². The second-order valence-electron chi connectivity index (χ2n) is 26.6. The van der Waals surface area contributed by atoms with E-state index in [4.69, 9.17) is 18.5 Å². The zero-order valence-electron chi connectivity index (χ0n) is 59.6. The summed E-state index contributed by atoms with van der Waals surface area (Å²) in [4.78, 5) is 38.1. The number of hydrogen-bond donors (Lipinski definition) is 0. The third-order valence-corrected chi connectivity index (χ3v) is 17.6. The molecule has 0 aromatic heterocycles. The van der Waals surface area contributed by atoms with Crippen LogP contribution in [0.3, 0.4) is 0 Å². The maximum atomic E-state index is 12.9. The van der Waals surface area contributed by atoms with E-state index in [1.54, 1.807) is 0 Å². The standard InChI is InChI=1S/C80H144NO8P/c1-6-8-10-12-14-16-18-20-22-24-26-28-30-32-33-34-35-36-37-38-39-40-41-42-43-44-45-46-47-49-50-52-54-56-58-60-62-64-66-68-70-72-79(82)86-76-78(77-88-90(84,85)87-75-74-81(3,4)5)89-80(83)73-71-69-67-65-63-61-59-57-55-53-51-48-31-29-27-25-23-21-19-17-15-13-11-9-7-2/h9,11,15,17-18,20-21,23-24,26-27,29,48,51,55,57,78H,6-8,10,12-14,16,19,22,25,28,30-47,49-50,52-54,56,58-77H2,1-5H3/b11-9-,17-15-,20-18-,23-21-,26-24-,29-27-,51-48-,57-55-. The SMILES string of the molecule is CC/C=C\C/C=C\C/C=C\C/C=C\C/C=C\C/C=C\CCCCCCCCC(=O)OC(COC(=O)CCCCCCCCCCCCCCCCCCCCCCCCCCCCCCC/C=C\C/C=C\CCCCCCC)COP(=O)([O-])OCC[N+](C)(C)C. The summed E-state index contributed by atoms with van der Waals surface area (Å²) < 4.78 is 34.3. The Morgan fingerprint density at radius 1 is 0.356 bits per heavy atom. The van der Waals surface area contributed by atoms with Gasteiger partial charge in [-0.25, -0.2) is 0 Å². The molecule has 0 radical (unpaired) electrons. The first-order valence-electron chi connectivity index (χ1n) is 37.9. The Hall–Kier alpha value is -3.07. The van der Waals surface area contributed by atoms with E-state index in [-0.39, 0.29) is 32.0 Å². The molecule has 10 heteroatoms. The van der Waals surface area contributed by atoms with Crippen LogP contribution < -0.4 is 4.89 Å². The fourth-order valence-electron chi connectivity index (χ4n) is 10.8. The molecular formula is C80H144NO8P. The highest BCUT2D eigenvalue weighted by atomic mass is 31.2. The third-order valence-electron chi connectivity index (χ3n) is 16.6. The number of rotatable bonds is 70. The van der Waals surface area contributed by atoms with Crippen LogP contribution in [-0.2, 0) is 32.7 Å². The summed E-state index contributed by atoms with van der Waals surface area (Å²) in [6.07, 6.45) is 98.1. The average Bonchev–Trinajstić information content (AvgIpc) is 3.58. The van der Waals surface area contributed by atoms with Crippen molar-refractivity contribution in [3.63, 3.8) is 0 Å². The van der Waals surface area contributed by atoms with Crippen LogP contribution in [0.5, 0.6) is 0 Å². The maximum Gasteiger partial charge on any atom is 0.306 e. The van der Waals surface area contributed by atoms with E-state index in [0.717, 1.165) is 103 Å². The number of carbonyl (C=O) groups excluding carboxylic acids is 2. The van der Waals surface area contributed by atoms with Gasteiger partial charge in [0.05, 0.1) is 27.7 Å². The number of likely N-dealkylation sites (N-methyl/N-ethyl adjacent to an activating group) is 1. The number of ether oxygens (including phenoxy) is 2. The van der Waals surface area contributed by atoms with E-state index in [9.17, 15) is 19.0 Å². The molecule has 0 aliphatic carbocycles. The molecule has 522 valence electrons. The summed E-state index contributed by atoms with van der Waals surface area (Å²) in [5, 5.41) is 0. The molecule has 2 unspecified atom stereocenters. The number of phosphoric ester groups is 1. The highest BCUT2D eigenvalue weighted by molar-refractivity contribution is 7.45. The summed E-state index contributed by atoms with van der Waals surface area (Å²) in [6, 6.07) is 0. The Morgan fingerprint density at radius 2 is 0.633 bits per heavy atom. The lowest BCUT2D eigenvalue weighted by atomic mass is 10.0. The largest absolute Gasteiger partial charge is 0.756 e. The van der Waals surface area contributed by atoms with E-state index >= 15 is 0 Å². The molecular weight excluding hydrogens is 1130 g/mol. The number of allylic oxidation sites excluding steroid dienone is 16. The van der Waals surface area contributed by atoms with E-state index in [1.807, 2.05) is 21.1 Å². The predicted octanol–water partition coefficient (Wildman–Crippen LogP) is 24.4. The van der Waals surface area contributed by atoms with Gasteiger partial charge in [0.25, 0.3) is 7.82 Å². The predicted molar refractivity (Wildman–Crippen MR) is 388 cm³/mol. The summed E-state index contributed by atoms with van der Waals surface area (Å²) in [5.41, 5.74) is 0. The number of carbonyl (C=O) groups is 2. The zero-order valence-corrected chi connectivity index (χ0v) is 60.5. The third kappa shape index (κ3) is 74.0. The molecule has 2 atom stereocenters. The highest BCUT2D eigenvalue weighted by Crippen LogP contribution is 2.38. The molecule has 0 bridgehead atoms. The van der Waals surface area contributed by atoms with Crippen LogP contribution in [0.4, 0.5) is 0 Å². The first-order chi connectivity index (χ1) is 44.0. The van der Waals surface area contributed by atoms with Gasteiger partial charge < -0.3 is 27.9 Å². The van der Waals surface area contributed by atoms with Crippen molar-refractivity contribution in [1.29, 1.82) is 0 Å². The van der Waals surface area contributed by atoms with E-state index in [1.165, 1.54) is 212 Å². The van der Waals surface area contributed by atoms with Crippen molar-refractivity contribution in [2.75, 3.05) is 47.5 Å². The normalized spacial score (nSPS) is 13.6. The van der Waals surface area contributed by atoms with Gasteiger partial charge in [-0.05, 0) is 96.3 Å². The van der Waals surface area contributed by atoms with Gasteiger partial charge in [-0.2, -0.15) is 0 Å². The molecule has 9 nitrogen and oxygen atoms in total.